The number of fused-ring (bicyclic) bond motifs is 1. The zero-order valence-corrected chi connectivity index (χ0v) is 14.6. The number of halogens is 1. The van der Waals surface area contributed by atoms with Gasteiger partial charge in [-0.15, -0.1) is 0 Å². The molecule has 1 N–H and O–H groups in total. The molecule has 6 heteroatoms. The van der Waals surface area contributed by atoms with Gasteiger partial charge in [0.2, 0.25) is 5.91 Å². The molecule has 0 aliphatic carbocycles. The maximum Gasteiger partial charge on any atom is 0.274 e. The lowest BCUT2D eigenvalue weighted by atomic mass is 10.1. The summed E-state index contributed by atoms with van der Waals surface area (Å²) in [6, 6.07) is 14.8. The maximum atomic E-state index is 12.2. The lowest BCUT2D eigenvalue weighted by Crippen LogP contribution is -2.29. The van der Waals surface area contributed by atoms with Crippen LogP contribution in [-0.4, -0.2) is 22.2 Å². The first kappa shape index (κ1) is 17.2. The molecule has 5 nitrogen and oxygen atoms in total. The van der Waals surface area contributed by atoms with Gasteiger partial charge in [-0.25, -0.2) is 4.68 Å². The molecule has 1 aromatic heterocycles. The fraction of sp³-hybridized carbons (Fsp3) is 0.211. The minimum atomic E-state index is -0.164. The topological polar surface area (TPSA) is 64.0 Å². The number of nitrogens with zero attached hydrogens (tertiary/aromatic N) is 2. The fourth-order valence-corrected chi connectivity index (χ4v) is 2.84. The van der Waals surface area contributed by atoms with Gasteiger partial charge in [-0.3, -0.25) is 9.59 Å². The maximum absolute atomic E-state index is 12.2. The van der Waals surface area contributed by atoms with Gasteiger partial charge in [-0.1, -0.05) is 41.9 Å². The Morgan fingerprint density at radius 3 is 2.52 bits per heavy atom. The summed E-state index contributed by atoms with van der Waals surface area (Å²) in [7, 11) is 1.59. The Hall–Kier alpha value is -2.66. The standard InChI is InChI=1S/C19H18ClN3O2/c1-23-19(25)16-5-3-2-4-15(16)17(22-23)12-18(24)21-11-10-13-6-8-14(20)9-7-13/h2-9H,10-12H2,1H3,(H,21,24). The largest absolute Gasteiger partial charge is 0.355 e. The van der Waals surface area contributed by atoms with Crippen LogP contribution in [0.3, 0.4) is 0 Å². The van der Waals surface area contributed by atoms with Crippen LogP contribution in [-0.2, 0) is 24.7 Å². The van der Waals surface area contributed by atoms with Gasteiger partial charge >= 0.3 is 0 Å². The van der Waals surface area contributed by atoms with Crippen molar-refractivity contribution in [2.45, 2.75) is 12.8 Å². The molecule has 0 unspecified atom stereocenters. The van der Waals surface area contributed by atoms with Gasteiger partial charge in [-0.2, -0.15) is 5.10 Å². The van der Waals surface area contributed by atoms with Crippen molar-refractivity contribution in [1.82, 2.24) is 15.1 Å². The number of nitrogens with one attached hydrogen (secondary N) is 1. The van der Waals surface area contributed by atoms with E-state index >= 15 is 0 Å². The van der Waals surface area contributed by atoms with Gasteiger partial charge in [0.15, 0.2) is 0 Å². The first-order chi connectivity index (χ1) is 12.0. The van der Waals surface area contributed by atoms with Gasteiger partial charge < -0.3 is 5.32 Å². The third-order valence-electron chi connectivity index (χ3n) is 4.01. The number of aromatic nitrogens is 2. The van der Waals surface area contributed by atoms with Crippen LogP contribution in [0, 0.1) is 0 Å². The van der Waals surface area contributed by atoms with E-state index in [4.69, 9.17) is 11.6 Å². The number of carbonyl (C=O) groups excluding carboxylic acids is 1. The Morgan fingerprint density at radius 2 is 1.80 bits per heavy atom. The first-order valence-corrected chi connectivity index (χ1v) is 8.38. The zero-order valence-electron chi connectivity index (χ0n) is 13.8. The van der Waals surface area contributed by atoms with E-state index < -0.39 is 0 Å². The predicted molar refractivity (Wildman–Crippen MR) is 98.9 cm³/mol. The monoisotopic (exact) mass is 355 g/mol. The highest BCUT2D eigenvalue weighted by atomic mass is 35.5. The summed E-state index contributed by atoms with van der Waals surface area (Å²) in [4.78, 5) is 24.3. The Bertz CT molecular complexity index is 965. The number of amides is 1. The Morgan fingerprint density at radius 1 is 1.12 bits per heavy atom. The van der Waals surface area contributed by atoms with Crippen LogP contribution in [0.4, 0.5) is 0 Å². The first-order valence-electron chi connectivity index (χ1n) is 8.00. The van der Waals surface area contributed by atoms with Crippen molar-refractivity contribution < 1.29 is 4.79 Å². The van der Waals surface area contributed by atoms with E-state index in [2.05, 4.69) is 10.4 Å². The molecule has 128 valence electrons. The number of hydrogen-bond donors (Lipinski definition) is 1. The number of rotatable bonds is 5. The van der Waals surface area contributed by atoms with Crippen LogP contribution in [0.5, 0.6) is 0 Å². The summed E-state index contributed by atoms with van der Waals surface area (Å²) in [6.07, 6.45) is 0.861. The van der Waals surface area contributed by atoms with Crippen LogP contribution in [0.25, 0.3) is 10.8 Å². The third-order valence-corrected chi connectivity index (χ3v) is 4.26. The van der Waals surface area contributed by atoms with E-state index in [9.17, 15) is 9.59 Å². The predicted octanol–water partition coefficient (Wildman–Crippen LogP) is 2.49. The normalized spacial score (nSPS) is 10.8. The van der Waals surface area contributed by atoms with E-state index in [0.717, 1.165) is 17.4 Å². The van der Waals surface area contributed by atoms with Crippen molar-refractivity contribution in [2.24, 2.45) is 7.05 Å². The van der Waals surface area contributed by atoms with Gasteiger partial charge in [0.05, 0.1) is 17.5 Å². The summed E-state index contributed by atoms with van der Waals surface area (Å²) in [5.74, 6) is -0.120. The van der Waals surface area contributed by atoms with Crippen molar-refractivity contribution in [2.75, 3.05) is 6.54 Å². The zero-order chi connectivity index (χ0) is 17.8. The summed E-state index contributed by atoms with van der Waals surface area (Å²) in [6.45, 7) is 0.532. The molecule has 0 saturated carbocycles. The molecule has 25 heavy (non-hydrogen) atoms. The molecule has 0 spiro atoms. The minimum absolute atomic E-state index is 0.120. The molecule has 0 saturated heterocycles. The Kier molecular flexibility index (Phi) is 5.14. The molecule has 3 aromatic rings. The molecule has 2 aromatic carbocycles. The van der Waals surface area contributed by atoms with Gasteiger partial charge in [-0.05, 0) is 30.2 Å². The SMILES string of the molecule is Cn1nc(CC(=O)NCCc2ccc(Cl)cc2)c2ccccc2c1=O. The molecule has 0 fully saturated rings. The number of hydrogen-bond acceptors (Lipinski definition) is 3. The van der Waals surface area contributed by atoms with E-state index in [1.807, 2.05) is 36.4 Å². The Balaban J connectivity index is 1.67. The molecule has 3 rings (SSSR count). The molecule has 0 bridgehead atoms. The van der Waals surface area contributed by atoms with Crippen molar-refractivity contribution in [3.8, 4) is 0 Å². The van der Waals surface area contributed by atoms with E-state index in [1.165, 1.54) is 4.68 Å². The van der Waals surface area contributed by atoms with Crippen LogP contribution < -0.4 is 10.9 Å². The molecule has 0 radical (unpaired) electrons. The smallest absolute Gasteiger partial charge is 0.274 e. The summed E-state index contributed by atoms with van der Waals surface area (Å²) in [5, 5.41) is 9.13. The lowest BCUT2D eigenvalue weighted by Gasteiger charge is -2.09. The average Bonchev–Trinajstić information content (AvgIpc) is 2.61. The minimum Gasteiger partial charge on any atom is -0.355 e. The van der Waals surface area contributed by atoms with Crippen molar-refractivity contribution in [3.63, 3.8) is 0 Å². The van der Waals surface area contributed by atoms with Gasteiger partial charge in [0, 0.05) is 24.0 Å². The van der Waals surface area contributed by atoms with E-state index in [0.29, 0.717) is 22.6 Å². The molecular weight excluding hydrogens is 338 g/mol. The second kappa shape index (κ2) is 7.49. The molecular formula is C19H18ClN3O2. The molecule has 0 aliphatic heterocycles. The lowest BCUT2D eigenvalue weighted by molar-refractivity contribution is -0.120. The van der Waals surface area contributed by atoms with Crippen LogP contribution >= 0.6 is 11.6 Å². The second-order valence-corrected chi connectivity index (χ2v) is 6.26. The summed E-state index contributed by atoms with van der Waals surface area (Å²) >= 11 is 5.86. The summed E-state index contributed by atoms with van der Waals surface area (Å²) < 4.78 is 1.28. The molecule has 1 heterocycles. The quantitative estimate of drug-likeness (QED) is 0.764. The van der Waals surface area contributed by atoms with Gasteiger partial charge in [0.1, 0.15) is 0 Å². The highest BCUT2D eigenvalue weighted by molar-refractivity contribution is 6.30. The second-order valence-electron chi connectivity index (χ2n) is 5.82. The molecule has 0 atom stereocenters. The van der Waals surface area contributed by atoms with Crippen molar-refractivity contribution in [3.05, 3.63) is 75.2 Å². The fourth-order valence-electron chi connectivity index (χ4n) is 2.72. The average molecular weight is 356 g/mol. The van der Waals surface area contributed by atoms with Crippen LogP contribution in [0.1, 0.15) is 11.3 Å². The van der Waals surface area contributed by atoms with Crippen molar-refractivity contribution in [1.29, 1.82) is 0 Å². The number of carbonyl (C=O) groups is 1. The summed E-state index contributed by atoms with van der Waals surface area (Å²) in [5.41, 5.74) is 1.54. The highest BCUT2D eigenvalue weighted by Gasteiger charge is 2.12. The molecule has 1 amide bonds. The van der Waals surface area contributed by atoms with Crippen molar-refractivity contribution >= 4 is 28.3 Å². The Labute approximate surface area is 150 Å². The third kappa shape index (κ3) is 4.06. The highest BCUT2D eigenvalue weighted by Crippen LogP contribution is 2.13. The molecule has 0 aliphatic rings. The van der Waals surface area contributed by atoms with E-state index in [-0.39, 0.29) is 17.9 Å². The van der Waals surface area contributed by atoms with Crippen LogP contribution in [0.2, 0.25) is 5.02 Å². The number of benzene rings is 2. The van der Waals surface area contributed by atoms with Gasteiger partial charge in [0.25, 0.3) is 5.56 Å². The van der Waals surface area contributed by atoms with E-state index in [1.54, 1.807) is 19.2 Å². The number of aryl methyl sites for hydroxylation is 1. The van der Waals surface area contributed by atoms with Crippen LogP contribution in [0.15, 0.2) is 53.3 Å².